The van der Waals surface area contributed by atoms with E-state index in [0.717, 1.165) is 18.8 Å². The van der Waals surface area contributed by atoms with Crippen molar-refractivity contribution in [3.63, 3.8) is 0 Å². The minimum atomic E-state index is 0.741. The van der Waals surface area contributed by atoms with Crippen LogP contribution in [0.2, 0.25) is 0 Å². The molecule has 1 aromatic carbocycles. The van der Waals surface area contributed by atoms with E-state index in [4.69, 9.17) is 4.52 Å². The van der Waals surface area contributed by atoms with Crippen molar-refractivity contribution in [1.82, 2.24) is 10.5 Å². The highest BCUT2D eigenvalue weighted by Gasteiger charge is 2.14. The summed E-state index contributed by atoms with van der Waals surface area (Å²) in [7, 11) is 0. The molecule has 19 heavy (non-hydrogen) atoms. The van der Waals surface area contributed by atoms with E-state index in [-0.39, 0.29) is 0 Å². The van der Waals surface area contributed by atoms with Gasteiger partial charge < -0.3 is 14.7 Å². The number of aromatic nitrogens is 1. The maximum atomic E-state index is 4.82. The van der Waals surface area contributed by atoms with Crippen LogP contribution in [0.5, 0.6) is 0 Å². The maximum absolute atomic E-state index is 4.82. The van der Waals surface area contributed by atoms with Gasteiger partial charge >= 0.3 is 0 Å². The van der Waals surface area contributed by atoms with E-state index >= 15 is 0 Å². The van der Waals surface area contributed by atoms with Crippen molar-refractivity contribution >= 4 is 5.69 Å². The molecule has 0 spiro atoms. The molecule has 4 nitrogen and oxygen atoms in total. The van der Waals surface area contributed by atoms with Gasteiger partial charge in [-0.1, -0.05) is 23.4 Å². The Balaban J connectivity index is 1.63. The highest BCUT2D eigenvalue weighted by Crippen LogP contribution is 2.24. The van der Waals surface area contributed by atoms with Crippen molar-refractivity contribution in [2.75, 3.05) is 18.0 Å². The van der Waals surface area contributed by atoms with Crippen molar-refractivity contribution in [2.45, 2.75) is 25.9 Å². The quantitative estimate of drug-likeness (QED) is 0.894. The van der Waals surface area contributed by atoms with Gasteiger partial charge in [0.25, 0.3) is 0 Å². The van der Waals surface area contributed by atoms with Crippen LogP contribution in [-0.4, -0.2) is 18.2 Å². The highest BCUT2D eigenvalue weighted by molar-refractivity contribution is 5.54. The van der Waals surface area contributed by atoms with E-state index < -0.39 is 0 Å². The van der Waals surface area contributed by atoms with Gasteiger partial charge in [0, 0.05) is 37.9 Å². The Hall–Kier alpha value is -1.81. The highest BCUT2D eigenvalue weighted by atomic mass is 16.5. The van der Waals surface area contributed by atoms with Crippen LogP contribution >= 0.6 is 0 Å². The molecule has 0 saturated carbocycles. The summed E-state index contributed by atoms with van der Waals surface area (Å²) in [5, 5.41) is 7.32. The van der Waals surface area contributed by atoms with Crippen LogP contribution in [0.3, 0.4) is 0 Å². The predicted octanol–water partition coefficient (Wildman–Crippen LogP) is 2.56. The minimum Gasteiger partial charge on any atom is -0.371 e. The Kier molecular flexibility index (Phi) is 3.79. The molecule has 2 aromatic rings. The van der Waals surface area contributed by atoms with Crippen LogP contribution in [-0.2, 0) is 13.1 Å². The Labute approximate surface area is 113 Å². The fourth-order valence-corrected chi connectivity index (χ4v) is 2.58. The van der Waals surface area contributed by atoms with Gasteiger partial charge in [0.05, 0.1) is 5.69 Å². The average molecular weight is 257 g/mol. The van der Waals surface area contributed by atoms with E-state index in [1.165, 1.54) is 37.2 Å². The van der Waals surface area contributed by atoms with Gasteiger partial charge in [-0.2, -0.15) is 0 Å². The standard InChI is InChI=1S/C15H19N3O/c1-2-6-15(18-8-3-4-9-18)13(5-1)11-16-12-14-7-10-19-17-14/h1-2,5-7,10,16H,3-4,8-9,11-12H2. The molecule has 0 aliphatic carbocycles. The molecule has 1 aliphatic rings. The zero-order valence-corrected chi connectivity index (χ0v) is 11.0. The van der Waals surface area contributed by atoms with E-state index in [1.54, 1.807) is 6.26 Å². The first-order valence-corrected chi connectivity index (χ1v) is 6.86. The molecule has 0 unspecified atom stereocenters. The lowest BCUT2D eigenvalue weighted by Crippen LogP contribution is -2.21. The van der Waals surface area contributed by atoms with Crippen LogP contribution in [0.4, 0.5) is 5.69 Å². The van der Waals surface area contributed by atoms with Crippen molar-refractivity contribution < 1.29 is 4.52 Å². The van der Waals surface area contributed by atoms with E-state index in [0.29, 0.717) is 0 Å². The van der Waals surface area contributed by atoms with Crippen molar-refractivity contribution in [3.8, 4) is 0 Å². The summed E-state index contributed by atoms with van der Waals surface area (Å²) in [6.07, 6.45) is 4.22. The Morgan fingerprint density at radius 2 is 1.95 bits per heavy atom. The largest absolute Gasteiger partial charge is 0.371 e. The van der Waals surface area contributed by atoms with Crippen LogP contribution in [0, 0.1) is 0 Å². The number of nitrogens with one attached hydrogen (secondary N) is 1. The lowest BCUT2D eigenvalue weighted by Gasteiger charge is -2.21. The number of nitrogens with zero attached hydrogens (tertiary/aromatic N) is 2. The van der Waals surface area contributed by atoms with Gasteiger partial charge in [0.15, 0.2) is 0 Å². The topological polar surface area (TPSA) is 41.3 Å². The predicted molar refractivity (Wildman–Crippen MR) is 74.9 cm³/mol. The molecule has 4 heteroatoms. The molecule has 0 amide bonds. The van der Waals surface area contributed by atoms with Gasteiger partial charge in [0.2, 0.25) is 0 Å². The number of hydrogen-bond donors (Lipinski definition) is 1. The summed E-state index contributed by atoms with van der Waals surface area (Å²) < 4.78 is 4.82. The van der Waals surface area contributed by atoms with Crippen LogP contribution in [0.15, 0.2) is 41.1 Å². The van der Waals surface area contributed by atoms with Gasteiger partial charge in [-0.15, -0.1) is 0 Å². The molecule has 2 heterocycles. The summed E-state index contributed by atoms with van der Waals surface area (Å²) in [6, 6.07) is 10.5. The maximum Gasteiger partial charge on any atom is 0.124 e. The zero-order chi connectivity index (χ0) is 12.9. The molecular formula is C15H19N3O. The molecule has 100 valence electrons. The third-order valence-electron chi connectivity index (χ3n) is 3.55. The SMILES string of the molecule is c1ccc(N2CCCC2)c(CNCc2ccon2)c1. The monoisotopic (exact) mass is 257 g/mol. The smallest absolute Gasteiger partial charge is 0.124 e. The normalized spacial score (nSPS) is 15.1. The fraction of sp³-hybridized carbons (Fsp3) is 0.400. The number of benzene rings is 1. The number of hydrogen-bond acceptors (Lipinski definition) is 4. The number of para-hydroxylation sites is 1. The number of rotatable bonds is 5. The summed E-state index contributed by atoms with van der Waals surface area (Å²) in [5.41, 5.74) is 3.67. The second-order valence-corrected chi connectivity index (χ2v) is 4.92. The third-order valence-corrected chi connectivity index (χ3v) is 3.55. The van der Waals surface area contributed by atoms with E-state index in [2.05, 4.69) is 39.6 Å². The van der Waals surface area contributed by atoms with Crippen LogP contribution in [0.25, 0.3) is 0 Å². The molecule has 0 atom stereocenters. The van der Waals surface area contributed by atoms with Gasteiger partial charge in [-0.05, 0) is 24.5 Å². The lowest BCUT2D eigenvalue weighted by molar-refractivity contribution is 0.408. The average Bonchev–Trinajstić information content (AvgIpc) is 3.12. The first-order chi connectivity index (χ1) is 9.43. The van der Waals surface area contributed by atoms with Crippen molar-refractivity contribution in [1.29, 1.82) is 0 Å². The molecule has 1 N–H and O–H groups in total. The molecule has 1 fully saturated rings. The first kappa shape index (κ1) is 12.2. The second-order valence-electron chi connectivity index (χ2n) is 4.92. The summed E-state index contributed by atoms with van der Waals surface area (Å²) in [4.78, 5) is 2.48. The van der Waals surface area contributed by atoms with Gasteiger partial charge in [-0.3, -0.25) is 0 Å². The van der Waals surface area contributed by atoms with Crippen molar-refractivity contribution in [2.24, 2.45) is 0 Å². The molecule has 3 rings (SSSR count). The van der Waals surface area contributed by atoms with E-state index in [1.807, 2.05) is 6.07 Å². The fourth-order valence-electron chi connectivity index (χ4n) is 2.58. The molecule has 0 bridgehead atoms. The Morgan fingerprint density at radius 1 is 1.11 bits per heavy atom. The minimum absolute atomic E-state index is 0.741. The Bertz CT molecular complexity index is 504. The van der Waals surface area contributed by atoms with Gasteiger partial charge in [-0.25, -0.2) is 0 Å². The summed E-state index contributed by atoms with van der Waals surface area (Å²) in [6.45, 7) is 3.96. The zero-order valence-electron chi connectivity index (χ0n) is 11.0. The molecule has 1 aliphatic heterocycles. The Morgan fingerprint density at radius 3 is 2.74 bits per heavy atom. The van der Waals surface area contributed by atoms with Crippen LogP contribution in [0.1, 0.15) is 24.1 Å². The van der Waals surface area contributed by atoms with Gasteiger partial charge in [0.1, 0.15) is 6.26 Å². The van der Waals surface area contributed by atoms with Crippen molar-refractivity contribution in [3.05, 3.63) is 47.9 Å². The summed E-state index contributed by atoms with van der Waals surface area (Å²) >= 11 is 0. The molecule has 0 radical (unpaired) electrons. The lowest BCUT2D eigenvalue weighted by atomic mass is 10.1. The third kappa shape index (κ3) is 2.96. The molecule has 1 aromatic heterocycles. The second kappa shape index (κ2) is 5.89. The first-order valence-electron chi connectivity index (χ1n) is 6.86. The van der Waals surface area contributed by atoms with Crippen LogP contribution < -0.4 is 10.2 Å². The van der Waals surface area contributed by atoms with E-state index in [9.17, 15) is 0 Å². The summed E-state index contributed by atoms with van der Waals surface area (Å²) in [5.74, 6) is 0. The molecular weight excluding hydrogens is 238 g/mol. The number of anilines is 1. The molecule has 1 saturated heterocycles.